The number of rotatable bonds is 12. The molecule has 1 aliphatic carbocycles. The van der Waals surface area contributed by atoms with Crippen LogP contribution in [0.25, 0.3) is 0 Å². The van der Waals surface area contributed by atoms with Crippen molar-refractivity contribution in [1.29, 1.82) is 0 Å². The summed E-state index contributed by atoms with van der Waals surface area (Å²) in [6.45, 7) is 6.74. The Labute approximate surface area is 291 Å². The largest absolute Gasteiger partial charge is 0.497 e. The zero-order valence-electron chi connectivity index (χ0n) is 29.2. The molecule has 4 aromatic rings. The minimum atomic E-state index is -1.71. The first-order valence-electron chi connectivity index (χ1n) is 17.6. The zero-order valence-corrected chi connectivity index (χ0v) is 29.2. The molecule has 4 aromatic carbocycles. The number of fused-ring (bicyclic) bond motifs is 1. The van der Waals surface area contributed by atoms with Crippen molar-refractivity contribution in [2.24, 2.45) is 11.8 Å². The summed E-state index contributed by atoms with van der Waals surface area (Å²) >= 11 is 0. The zero-order chi connectivity index (χ0) is 34.6. The van der Waals surface area contributed by atoms with E-state index in [9.17, 15) is 15.0 Å². The lowest BCUT2D eigenvalue weighted by Gasteiger charge is -2.55. The van der Waals surface area contributed by atoms with Crippen molar-refractivity contribution in [3.63, 3.8) is 0 Å². The molecule has 6 rings (SSSR count). The van der Waals surface area contributed by atoms with Gasteiger partial charge in [-0.05, 0) is 66.7 Å². The van der Waals surface area contributed by atoms with Crippen molar-refractivity contribution in [1.82, 2.24) is 9.80 Å². The van der Waals surface area contributed by atoms with E-state index in [-0.39, 0.29) is 24.3 Å². The van der Waals surface area contributed by atoms with E-state index < -0.39 is 23.0 Å². The number of carbonyl (C=O) groups is 1. The Kier molecular flexibility index (Phi) is 10.4. The van der Waals surface area contributed by atoms with Crippen molar-refractivity contribution in [2.75, 3.05) is 40.4 Å². The van der Waals surface area contributed by atoms with Gasteiger partial charge in [-0.25, -0.2) is 0 Å². The average Bonchev–Trinajstić information content (AvgIpc) is 3.62. The van der Waals surface area contributed by atoms with Crippen molar-refractivity contribution in [2.45, 2.75) is 56.3 Å². The molecule has 0 radical (unpaired) electrons. The Morgan fingerprint density at radius 2 is 1.41 bits per heavy atom. The van der Waals surface area contributed by atoms with E-state index in [0.29, 0.717) is 36.6 Å². The highest BCUT2D eigenvalue weighted by molar-refractivity contribution is 5.77. The van der Waals surface area contributed by atoms with E-state index in [2.05, 4.69) is 55.1 Å². The van der Waals surface area contributed by atoms with Gasteiger partial charge in [0.2, 0.25) is 5.91 Å². The third kappa shape index (κ3) is 6.36. The molecule has 1 saturated carbocycles. The maximum Gasteiger partial charge on any atom is 0.224 e. The number of ether oxygens (including phenoxy) is 2. The Balaban J connectivity index is 1.46. The number of likely N-dealkylation sites (N-methyl/N-ethyl adjacent to an activating group) is 1. The normalized spacial score (nSPS) is 23.6. The summed E-state index contributed by atoms with van der Waals surface area (Å²) in [6.07, 6.45) is 0.225. The SMILES string of the molecule is CCN(CC)C(CC(=O)N1C[C@@H]2[C@H](C1)[C@@](O)(c1cc(OC)ccc1OC)[C@H](O)CC2(c1ccccc1)c1ccccc1)Cc1ccccc1. The molecule has 7 heteroatoms. The number of aliphatic hydroxyl groups is 2. The van der Waals surface area contributed by atoms with Gasteiger partial charge in [-0.3, -0.25) is 4.79 Å². The van der Waals surface area contributed by atoms with Crippen LogP contribution in [-0.4, -0.2) is 78.5 Å². The summed E-state index contributed by atoms with van der Waals surface area (Å²) in [6, 6.07) is 36.4. The van der Waals surface area contributed by atoms with Gasteiger partial charge < -0.3 is 29.5 Å². The molecule has 258 valence electrons. The standard InChI is InChI=1S/C42H50N2O5/c1-5-43(6-2)33(24-30-16-10-7-11-17-30)25-40(46)44-28-36-37(29-44)42(47,35-26-34(48-3)22-23-38(35)49-4)39(45)27-41(36,31-18-12-8-13-19-31)32-20-14-9-15-21-32/h7-23,26,33,36-37,39,45,47H,5-6,24-25,27-29H2,1-4H3/t33?,36-,37+,39-,42+/m1/s1. The molecule has 1 heterocycles. The third-order valence-corrected chi connectivity index (χ3v) is 11.4. The second-order valence-corrected chi connectivity index (χ2v) is 13.6. The molecular weight excluding hydrogens is 612 g/mol. The highest BCUT2D eigenvalue weighted by Crippen LogP contribution is 2.60. The summed E-state index contributed by atoms with van der Waals surface area (Å²) in [7, 11) is 3.16. The molecular formula is C42H50N2O5. The van der Waals surface area contributed by atoms with Gasteiger partial charge in [0.05, 0.1) is 20.3 Å². The molecule has 49 heavy (non-hydrogen) atoms. The molecule has 0 aromatic heterocycles. The van der Waals surface area contributed by atoms with Crippen molar-refractivity contribution >= 4 is 5.91 Å². The summed E-state index contributed by atoms with van der Waals surface area (Å²) < 4.78 is 11.4. The lowest BCUT2D eigenvalue weighted by atomic mass is 9.51. The van der Waals surface area contributed by atoms with Crippen LogP contribution in [0.5, 0.6) is 11.5 Å². The first-order chi connectivity index (χ1) is 23.8. The number of aliphatic hydroxyl groups excluding tert-OH is 1. The third-order valence-electron chi connectivity index (χ3n) is 11.4. The van der Waals surface area contributed by atoms with E-state index in [1.165, 1.54) is 5.56 Å². The van der Waals surface area contributed by atoms with Gasteiger partial charge in [-0.15, -0.1) is 0 Å². The van der Waals surface area contributed by atoms with Crippen LogP contribution in [0.4, 0.5) is 0 Å². The Hall–Kier alpha value is -4.17. The van der Waals surface area contributed by atoms with Crippen LogP contribution >= 0.6 is 0 Å². The minimum Gasteiger partial charge on any atom is -0.497 e. The van der Waals surface area contributed by atoms with Gasteiger partial charge >= 0.3 is 0 Å². The number of hydrogen-bond donors (Lipinski definition) is 2. The summed E-state index contributed by atoms with van der Waals surface area (Å²) in [5, 5.41) is 25.4. The molecule has 1 aliphatic heterocycles. The lowest BCUT2D eigenvalue weighted by molar-refractivity contribution is -0.168. The molecule has 7 nitrogen and oxygen atoms in total. The number of nitrogens with zero attached hydrogens (tertiary/aromatic N) is 2. The van der Waals surface area contributed by atoms with Gasteiger partial charge in [0.1, 0.15) is 17.1 Å². The van der Waals surface area contributed by atoms with E-state index in [1.54, 1.807) is 32.4 Å². The predicted molar refractivity (Wildman–Crippen MR) is 193 cm³/mol. The number of amides is 1. The monoisotopic (exact) mass is 662 g/mol. The van der Waals surface area contributed by atoms with Crippen LogP contribution in [0.3, 0.4) is 0 Å². The number of carbonyl (C=O) groups excluding carboxylic acids is 1. The van der Waals surface area contributed by atoms with Gasteiger partial charge in [0.25, 0.3) is 0 Å². The van der Waals surface area contributed by atoms with Crippen LogP contribution < -0.4 is 9.47 Å². The highest BCUT2D eigenvalue weighted by atomic mass is 16.5. The van der Waals surface area contributed by atoms with Crippen LogP contribution in [0.15, 0.2) is 109 Å². The minimum absolute atomic E-state index is 0.0310. The fraction of sp³-hybridized carbons (Fsp3) is 0.405. The lowest BCUT2D eigenvalue weighted by Crippen LogP contribution is -2.60. The number of methoxy groups -OCH3 is 2. The molecule has 2 aliphatic rings. The maximum atomic E-state index is 14.6. The Morgan fingerprint density at radius 3 is 1.96 bits per heavy atom. The second-order valence-electron chi connectivity index (χ2n) is 13.6. The fourth-order valence-corrected chi connectivity index (χ4v) is 8.91. The molecule has 2 N–H and O–H groups in total. The van der Waals surface area contributed by atoms with Gasteiger partial charge in [-0.1, -0.05) is 105 Å². The number of benzene rings is 4. The Morgan fingerprint density at radius 1 is 0.837 bits per heavy atom. The number of hydrogen-bond acceptors (Lipinski definition) is 6. The van der Waals surface area contributed by atoms with Crippen LogP contribution in [0.1, 0.15) is 48.9 Å². The fourth-order valence-electron chi connectivity index (χ4n) is 8.91. The maximum absolute atomic E-state index is 14.6. The van der Waals surface area contributed by atoms with E-state index in [1.807, 2.05) is 59.5 Å². The molecule has 2 fully saturated rings. The number of likely N-dealkylation sites (tertiary alicyclic amines) is 1. The van der Waals surface area contributed by atoms with Crippen molar-refractivity contribution in [3.05, 3.63) is 131 Å². The van der Waals surface area contributed by atoms with Gasteiger partial charge in [0, 0.05) is 42.4 Å². The second kappa shape index (κ2) is 14.8. The quantitative estimate of drug-likeness (QED) is 0.192. The van der Waals surface area contributed by atoms with Crippen LogP contribution in [0.2, 0.25) is 0 Å². The summed E-state index contributed by atoms with van der Waals surface area (Å²) in [4.78, 5) is 18.9. The average molecular weight is 663 g/mol. The van der Waals surface area contributed by atoms with E-state index in [0.717, 1.165) is 30.6 Å². The molecule has 1 unspecified atom stereocenters. The van der Waals surface area contributed by atoms with Gasteiger partial charge in [-0.2, -0.15) is 0 Å². The Bertz CT molecular complexity index is 1640. The topological polar surface area (TPSA) is 82.5 Å². The molecule has 0 spiro atoms. The first kappa shape index (κ1) is 34.7. The molecule has 1 amide bonds. The molecule has 1 saturated heterocycles. The van der Waals surface area contributed by atoms with Crippen molar-refractivity contribution < 1.29 is 24.5 Å². The van der Waals surface area contributed by atoms with E-state index >= 15 is 0 Å². The summed E-state index contributed by atoms with van der Waals surface area (Å²) in [5.41, 5.74) is 1.43. The van der Waals surface area contributed by atoms with Gasteiger partial charge in [0.15, 0.2) is 0 Å². The predicted octanol–water partition coefficient (Wildman–Crippen LogP) is 6.06. The van der Waals surface area contributed by atoms with Crippen LogP contribution in [0, 0.1) is 11.8 Å². The molecule has 5 atom stereocenters. The smallest absolute Gasteiger partial charge is 0.224 e. The summed E-state index contributed by atoms with van der Waals surface area (Å²) in [5.74, 6) is 0.369. The van der Waals surface area contributed by atoms with E-state index in [4.69, 9.17) is 9.47 Å². The molecule has 0 bridgehead atoms. The first-order valence-corrected chi connectivity index (χ1v) is 17.6. The van der Waals surface area contributed by atoms with Crippen molar-refractivity contribution in [3.8, 4) is 11.5 Å². The van der Waals surface area contributed by atoms with Crippen LogP contribution in [-0.2, 0) is 22.2 Å². The highest BCUT2D eigenvalue weighted by Gasteiger charge is 2.65.